The van der Waals surface area contributed by atoms with Crippen molar-refractivity contribution in [2.24, 2.45) is 0 Å². The number of carbonyl (C=O) groups excluding carboxylic acids is 1. The Morgan fingerprint density at radius 1 is 1.19 bits per heavy atom. The maximum Gasteiger partial charge on any atom is 0.305 e. The standard InChI is InChI=1S/C15H22N2O4/c1-16(12-6-4-3-5-7-15(18)21-2)13-8-10-14(11-9-13)17(19)20/h8-11H,3-7,12H2,1-2H3. The Balaban J connectivity index is 2.23. The minimum absolute atomic E-state index is 0.106. The Morgan fingerprint density at radius 3 is 2.38 bits per heavy atom. The molecule has 1 aromatic carbocycles. The second kappa shape index (κ2) is 8.94. The number of hydrogen-bond acceptors (Lipinski definition) is 5. The van der Waals surface area contributed by atoms with Crippen LogP contribution in [0.4, 0.5) is 11.4 Å². The molecule has 0 atom stereocenters. The molecular formula is C15H22N2O4. The first-order valence-corrected chi connectivity index (χ1v) is 7.07. The van der Waals surface area contributed by atoms with Gasteiger partial charge in [0.2, 0.25) is 0 Å². The van der Waals surface area contributed by atoms with Crippen molar-refractivity contribution < 1.29 is 14.5 Å². The van der Waals surface area contributed by atoms with Gasteiger partial charge in [-0.1, -0.05) is 12.8 Å². The summed E-state index contributed by atoms with van der Waals surface area (Å²) in [7, 11) is 3.37. The van der Waals surface area contributed by atoms with E-state index in [4.69, 9.17) is 0 Å². The molecule has 0 unspecified atom stereocenters. The van der Waals surface area contributed by atoms with E-state index in [-0.39, 0.29) is 11.7 Å². The molecule has 0 saturated carbocycles. The molecule has 0 aliphatic carbocycles. The van der Waals surface area contributed by atoms with Crippen molar-refractivity contribution in [1.29, 1.82) is 0 Å². The van der Waals surface area contributed by atoms with Gasteiger partial charge in [0, 0.05) is 37.8 Å². The lowest BCUT2D eigenvalue weighted by Crippen LogP contribution is -2.18. The van der Waals surface area contributed by atoms with Gasteiger partial charge in [0.25, 0.3) is 5.69 Å². The minimum Gasteiger partial charge on any atom is -0.469 e. The van der Waals surface area contributed by atoms with Crippen LogP contribution in [-0.4, -0.2) is 31.6 Å². The van der Waals surface area contributed by atoms with E-state index < -0.39 is 4.92 Å². The minimum atomic E-state index is -0.398. The number of carbonyl (C=O) groups is 1. The van der Waals surface area contributed by atoms with Crippen LogP contribution in [0.2, 0.25) is 0 Å². The maximum atomic E-state index is 10.9. The monoisotopic (exact) mass is 294 g/mol. The average molecular weight is 294 g/mol. The Kier molecular flexibility index (Phi) is 7.21. The Labute approximate surface area is 124 Å². The summed E-state index contributed by atoms with van der Waals surface area (Å²) in [5, 5.41) is 10.6. The van der Waals surface area contributed by atoms with Crippen LogP contribution < -0.4 is 4.90 Å². The third kappa shape index (κ3) is 6.25. The van der Waals surface area contributed by atoms with Crippen molar-refractivity contribution in [3.8, 4) is 0 Å². The summed E-state index contributed by atoms with van der Waals surface area (Å²) >= 11 is 0. The van der Waals surface area contributed by atoms with Crippen LogP contribution in [0.5, 0.6) is 0 Å². The lowest BCUT2D eigenvalue weighted by Gasteiger charge is -2.18. The molecule has 1 rings (SSSR count). The number of nitro groups is 1. The number of anilines is 1. The molecule has 0 heterocycles. The SMILES string of the molecule is COC(=O)CCCCCCN(C)c1ccc([N+](=O)[O-])cc1. The zero-order valence-electron chi connectivity index (χ0n) is 12.6. The summed E-state index contributed by atoms with van der Waals surface area (Å²) in [5.41, 5.74) is 1.07. The second-order valence-corrected chi connectivity index (χ2v) is 4.94. The zero-order valence-corrected chi connectivity index (χ0v) is 12.6. The highest BCUT2D eigenvalue weighted by Gasteiger charge is 2.06. The molecule has 0 fully saturated rings. The number of unbranched alkanes of at least 4 members (excludes halogenated alkanes) is 3. The van der Waals surface area contributed by atoms with Gasteiger partial charge in [-0.15, -0.1) is 0 Å². The molecule has 1 aromatic rings. The second-order valence-electron chi connectivity index (χ2n) is 4.94. The highest BCUT2D eigenvalue weighted by atomic mass is 16.6. The highest BCUT2D eigenvalue weighted by molar-refractivity contribution is 5.68. The summed E-state index contributed by atoms with van der Waals surface area (Å²) in [6, 6.07) is 6.55. The number of non-ortho nitro benzene ring substituents is 1. The highest BCUT2D eigenvalue weighted by Crippen LogP contribution is 2.18. The molecule has 0 N–H and O–H groups in total. The number of nitro benzene ring substituents is 1. The molecule has 0 spiro atoms. The van der Waals surface area contributed by atoms with Crippen LogP contribution in [-0.2, 0) is 9.53 Å². The largest absolute Gasteiger partial charge is 0.469 e. The number of rotatable bonds is 9. The van der Waals surface area contributed by atoms with E-state index in [1.807, 2.05) is 7.05 Å². The summed E-state index contributed by atoms with van der Waals surface area (Å²) in [4.78, 5) is 23.2. The number of benzene rings is 1. The number of methoxy groups -OCH3 is 1. The molecule has 116 valence electrons. The topological polar surface area (TPSA) is 72.7 Å². The predicted molar refractivity (Wildman–Crippen MR) is 81.5 cm³/mol. The number of ether oxygens (including phenoxy) is 1. The Hall–Kier alpha value is -2.11. The lowest BCUT2D eigenvalue weighted by molar-refractivity contribution is -0.384. The van der Waals surface area contributed by atoms with Crippen molar-refractivity contribution in [3.63, 3.8) is 0 Å². The van der Waals surface area contributed by atoms with E-state index in [1.54, 1.807) is 12.1 Å². The fourth-order valence-electron chi connectivity index (χ4n) is 2.03. The summed E-state index contributed by atoms with van der Waals surface area (Å²) in [6.45, 7) is 0.885. The zero-order chi connectivity index (χ0) is 15.7. The van der Waals surface area contributed by atoms with E-state index in [0.29, 0.717) is 6.42 Å². The molecule has 0 aliphatic rings. The van der Waals surface area contributed by atoms with Crippen molar-refractivity contribution in [2.75, 3.05) is 25.6 Å². The molecule has 0 saturated heterocycles. The van der Waals surface area contributed by atoms with Crippen LogP contribution in [0.25, 0.3) is 0 Å². The third-order valence-electron chi connectivity index (χ3n) is 3.35. The summed E-state index contributed by atoms with van der Waals surface area (Å²) < 4.78 is 4.58. The van der Waals surface area contributed by atoms with Crippen molar-refractivity contribution in [1.82, 2.24) is 0 Å². The van der Waals surface area contributed by atoms with Crippen LogP contribution in [0.15, 0.2) is 24.3 Å². The number of hydrogen-bond donors (Lipinski definition) is 0. The summed E-state index contributed by atoms with van der Waals surface area (Å²) in [5.74, 6) is -0.155. The number of nitrogens with zero attached hydrogens (tertiary/aromatic N) is 2. The van der Waals surface area contributed by atoms with Gasteiger partial charge in [-0.05, 0) is 25.0 Å². The van der Waals surface area contributed by atoms with Gasteiger partial charge in [0.15, 0.2) is 0 Å². The third-order valence-corrected chi connectivity index (χ3v) is 3.35. The van der Waals surface area contributed by atoms with Crippen LogP contribution in [0, 0.1) is 10.1 Å². The van der Waals surface area contributed by atoms with Crippen molar-refractivity contribution >= 4 is 17.3 Å². The molecular weight excluding hydrogens is 272 g/mol. The van der Waals surface area contributed by atoms with E-state index in [2.05, 4.69) is 9.64 Å². The first-order chi connectivity index (χ1) is 10.0. The molecule has 6 nitrogen and oxygen atoms in total. The fourth-order valence-corrected chi connectivity index (χ4v) is 2.03. The van der Waals surface area contributed by atoms with Gasteiger partial charge in [-0.2, -0.15) is 0 Å². The van der Waals surface area contributed by atoms with Gasteiger partial charge < -0.3 is 9.64 Å². The predicted octanol–water partition coefficient (Wildman–Crippen LogP) is 3.15. The van der Waals surface area contributed by atoms with Crippen molar-refractivity contribution in [3.05, 3.63) is 34.4 Å². The molecule has 0 aliphatic heterocycles. The van der Waals surface area contributed by atoms with E-state index in [9.17, 15) is 14.9 Å². The maximum absolute atomic E-state index is 10.9. The molecule has 6 heteroatoms. The van der Waals surface area contributed by atoms with Gasteiger partial charge in [-0.3, -0.25) is 14.9 Å². The molecule has 0 bridgehead atoms. The quantitative estimate of drug-likeness (QED) is 0.303. The van der Waals surface area contributed by atoms with Crippen LogP contribution in [0.1, 0.15) is 32.1 Å². The molecule has 0 aromatic heterocycles. The molecule has 0 radical (unpaired) electrons. The smallest absolute Gasteiger partial charge is 0.305 e. The first kappa shape index (κ1) is 16.9. The van der Waals surface area contributed by atoms with E-state index in [0.717, 1.165) is 37.9 Å². The summed E-state index contributed by atoms with van der Waals surface area (Å²) in [6.07, 6.45) is 4.41. The molecule has 21 heavy (non-hydrogen) atoms. The number of esters is 1. The van der Waals surface area contributed by atoms with E-state index in [1.165, 1.54) is 19.2 Å². The van der Waals surface area contributed by atoms with Gasteiger partial charge in [0.05, 0.1) is 12.0 Å². The van der Waals surface area contributed by atoms with Crippen LogP contribution in [0.3, 0.4) is 0 Å². The van der Waals surface area contributed by atoms with Gasteiger partial charge in [-0.25, -0.2) is 0 Å². The lowest BCUT2D eigenvalue weighted by atomic mass is 10.1. The van der Waals surface area contributed by atoms with Crippen LogP contribution >= 0.6 is 0 Å². The Bertz CT molecular complexity index is 459. The normalized spacial score (nSPS) is 10.2. The van der Waals surface area contributed by atoms with Gasteiger partial charge in [0.1, 0.15) is 0 Å². The van der Waals surface area contributed by atoms with Gasteiger partial charge >= 0.3 is 5.97 Å². The van der Waals surface area contributed by atoms with Crippen molar-refractivity contribution in [2.45, 2.75) is 32.1 Å². The average Bonchev–Trinajstić information content (AvgIpc) is 2.50. The molecule has 0 amide bonds. The first-order valence-electron chi connectivity index (χ1n) is 7.07. The van der Waals surface area contributed by atoms with E-state index >= 15 is 0 Å². The fraction of sp³-hybridized carbons (Fsp3) is 0.533. The Morgan fingerprint density at radius 2 is 1.81 bits per heavy atom.